The molecule has 2 fully saturated rings. The molecule has 1 saturated heterocycles. The highest BCUT2D eigenvalue weighted by Gasteiger charge is 2.46. The Morgan fingerprint density at radius 3 is 2.39 bits per heavy atom. The minimum Gasteiger partial charge on any atom is -0.390 e. The molecule has 0 unspecified atom stereocenters. The molecule has 3 heterocycles. The lowest BCUT2D eigenvalue weighted by atomic mass is 9.93. The molecule has 0 spiro atoms. The van der Waals surface area contributed by atoms with Crippen molar-refractivity contribution in [1.82, 2.24) is 14.5 Å². The molecule has 1 aromatic carbocycles. The van der Waals surface area contributed by atoms with Crippen LogP contribution >= 0.6 is 0 Å². The lowest BCUT2D eigenvalue weighted by Crippen LogP contribution is -2.45. The summed E-state index contributed by atoms with van der Waals surface area (Å²) in [4.78, 5) is 24.7. The summed E-state index contributed by atoms with van der Waals surface area (Å²) in [5, 5.41) is 14.0. The Bertz CT molecular complexity index is 1430. The van der Waals surface area contributed by atoms with Crippen LogP contribution in [0.2, 0.25) is 0 Å². The summed E-state index contributed by atoms with van der Waals surface area (Å²) in [5.74, 6) is -0.358. The summed E-state index contributed by atoms with van der Waals surface area (Å²) in [6.45, 7) is 5.17. The summed E-state index contributed by atoms with van der Waals surface area (Å²) >= 11 is 0. The van der Waals surface area contributed by atoms with Crippen molar-refractivity contribution in [2.45, 2.75) is 70.1 Å². The molecule has 0 bridgehead atoms. The summed E-state index contributed by atoms with van der Waals surface area (Å²) in [6, 6.07) is 3.10. The number of fused-ring (bicyclic) bond motifs is 1. The standard InChI is InChI=1S/C27H31F4N5O2/c1-15(17-5-4-6-18(20(17)29)23(30)31)32-24-19-13-36(27(14-28)7-8-27)25(37)22(21(19)33-16(2)34-24)35-11-9-26(3,38)10-12-35/h4-6,13,15,23,38H,7-12,14H2,1-3H3,(H,32,33,34)/t15-/m1/s1. The first-order valence-corrected chi connectivity index (χ1v) is 12.8. The van der Waals surface area contributed by atoms with Crippen LogP contribution in [0.3, 0.4) is 0 Å². The minimum absolute atomic E-state index is 0.0430. The normalized spacial score (nSPS) is 19.1. The second-order valence-corrected chi connectivity index (χ2v) is 10.8. The number of pyridine rings is 1. The van der Waals surface area contributed by atoms with Gasteiger partial charge < -0.3 is 19.9 Å². The van der Waals surface area contributed by atoms with Crippen molar-refractivity contribution >= 4 is 22.4 Å². The second kappa shape index (κ2) is 9.52. The van der Waals surface area contributed by atoms with Crippen LogP contribution in [-0.2, 0) is 5.54 Å². The van der Waals surface area contributed by atoms with E-state index in [1.807, 2.05) is 4.90 Å². The molecule has 11 heteroatoms. The predicted molar refractivity (Wildman–Crippen MR) is 137 cm³/mol. The van der Waals surface area contributed by atoms with Crippen LogP contribution in [-0.4, -0.2) is 45.0 Å². The fraction of sp³-hybridized carbons (Fsp3) is 0.519. The number of benzene rings is 1. The van der Waals surface area contributed by atoms with Gasteiger partial charge in [-0.25, -0.2) is 27.5 Å². The SMILES string of the molecule is Cc1nc(N[C@H](C)c2cccc(C(F)F)c2F)c2cn(C3(CF)CC3)c(=O)c(N3CCC(C)(O)CC3)c2n1. The van der Waals surface area contributed by atoms with Crippen molar-refractivity contribution in [2.24, 2.45) is 0 Å². The van der Waals surface area contributed by atoms with Crippen molar-refractivity contribution < 1.29 is 22.7 Å². The number of halogens is 4. The van der Waals surface area contributed by atoms with Crippen LogP contribution in [0.4, 0.5) is 29.1 Å². The Balaban J connectivity index is 1.65. The predicted octanol–water partition coefficient (Wildman–Crippen LogP) is 5.16. The first-order chi connectivity index (χ1) is 18.0. The maximum Gasteiger partial charge on any atom is 0.276 e. The smallest absolute Gasteiger partial charge is 0.276 e. The maximum absolute atomic E-state index is 14.9. The van der Waals surface area contributed by atoms with E-state index >= 15 is 0 Å². The van der Waals surface area contributed by atoms with Gasteiger partial charge in [0.05, 0.1) is 28.1 Å². The van der Waals surface area contributed by atoms with Crippen LogP contribution in [0.25, 0.3) is 10.9 Å². The Labute approximate surface area is 217 Å². The molecule has 5 rings (SSSR count). The van der Waals surface area contributed by atoms with Crippen LogP contribution in [0.1, 0.15) is 68.9 Å². The van der Waals surface area contributed by atoms with Gasteiger partial charge in [0.25, 0.3) is 12.0 Å². The molecule has 1 saturated carbocycles. The van der Waals surface area contributed by atoms with E-state index in [1.165, 1.54) is 16.7 Å². The molecule has 7 nitrogen and oxygen atoms in total. The molecule has 2 aliphatic rings. The van der Waals surface area contributed by atoms with Gasteiger partial charge in [0.1, 0.15) is 35.3 Å². The van der Waals surface area contributed by atoms with E-state index in [9.17, 15) is 27.5 Å². The van der Waals surface area contributed by atoms with Crippen molar-refractivity contribution in [3.63, 3.8) is 0 Å². The van der Waals surface area contributed by atoms with E-state index < -0.39 is 41.7 Å². The van der Waals surface area contributed by atoms with Gasteiger partial charge in [0, 0.05) is 24.8 Å². The largest absolute Gasteiger partial charge is 0.390 e. The van der Waals surface area contributed by atoms with Gasteiger partial charge in [0.15, 0.2) is 0 Å². The number of nitrogens with zero attached hydrogens (tertiary/aromatic N) is 4. The van der Waals surface area contributed by atoms with E-state index in [1.54, 1.807) is 27.0 Å². The number of anilines is 2. The number of alkyl halides is 3. The maximum atomic E-state index is 14.9. The Kier molecular flexibility index (Phi) is 6.61. The Morgan fingerprint density at radius 1 is 1.13 bits per heavy atom. The third-order valence-corrected chi connectivity index (χ3v) is 7.82. The number of hydrogen-bond acceptors (Lipinski definition) is 6. The second-order valence-electron chi connectivity index (χ2n) is 10.8. The van der Waals surface area contributed by atoms with Crippen LogP contribution in [0, 0.1) is 12.7 Å². The number of aryl methyl sites for hydroxylation is 1. The van der Waals surface area contributed by atoms with Gasteiger partial charge in [-0.3, -0.25) is 4.79 Å². The lowest BCUT2D eigenvalue weighted by Gasteiger charge is -2.37. The molecular weight excluding hydrogens is 502 g/mol. The van der Waals surface area contributed by atoms with Gasteiger partial charge in [-0.2, -0.15) is 0 Å². The summed E-state index contributed by atoms with van der Waals surface area (Å²) < 4.78 is 57.1. The fourth-order valence-corrected chi connectivity index (χ4v) is 5.18. The van der Waals surface area contributed by atoms with Gasteiger partial charge >= 0.3 is 0 Å². The zero-order chi connectivity index (χ0) is 27.4. The Hall–Kier alpha value is -3.21. The van der Waals surface area contributed by atoms with E-state index in [-0.39, 0.29) is 16.9 Å². The number of nitrogens with one attached hydrogen (secondary N) is 1. The minimum atomic E-state index is -2.96. The topological polar surface area (TPSA) is 83.3 Å². The van der Waals surface area contributed by atoms with E-state index in [0.29, 0.717) is 61.2 Å². The first kappa shape index (κ1) is 26.4. The number of piperidine rings is 1. The molecule has 2 aromatic heterocycles. The van der Waals surface area contributed by atoms with Gasteiger partial charge in [-0.15, -0.1) is 0 Å². The van der Waals surface area contributed by atoms with Crippen molar-refractivity contribution in [3.05, 3.63) is 57.5 Å². The van der Waals surface area contributed by atoms with Crippen LogP contribution in [0.15, 0.2) is 29.2 Å². The third-order valence-electron chi connectivity index (χ3n) is 7.82. The van der Waals surface area contributed by atoms with E-state index in [2.05, 4.69) is 15.3 Å². The highest BCUT2D eigenvalue weighted by atomic mass is 19.3. The number of aliphatic hydroxyl groups is 1. The molecule has 0 radical (unpaired) electrons. The highest BCUT2D eigenvalue weighted by Crippen LogP contribution is 2.44. The van der Waals surface area contributed by atoms with Gasteiger partial charge in [-0.05, 0) is 46.5 Å². The molecule has 1 atom stereocenters. The number of rotatable bonds is 7. The monoisotopic (exact) mass is 533 g/mol. The molecule has 1 aliphatic carbocycles. The Morgan fingerprint density at radius 2 is 1.79 bits per heavy atom. The van der Waals surface area contributed by atoms with E-state index in [4.69, 9.17) is 0 Å². The van der Waals surface area contributed by atoms with Crippen molar-refractivity contribution in [3.8, 4) is 0 Å². The molecule has 1 aliphatic heterocycles. The fourth-order valence-electron chi connectivity index (χ4n) is 5.18. The molecule has 0 amide bonds. The van der Waals surface area contributed by atoms with Crippen LogP contribution in [0.5, 0.6) is 0 Å². The average molecular weight is 534 g/mol. The quantitative estimate of drug-likeness (QED) is 0.409. The molecular formula is C27H31F4N5O2. The number of aromatic nitrogens is 3. The number of hydrogen-bond donors (Lipinski definition) is 2. The molecule has 2 N–H and O–H groups in total. The first-order valence-electron chi connectivity index (χ1n) is 12.8. The summed E-state index contributed by atoms with van der Waals surface area (Å²) in [5.41, 5.74) is -2.11. The summed E-state index contributed by atoms with van der Waals surface area (Å²) in [7, 11) is 0. The van der Waals surface area contributed by atoms with Crippen molar-refractivity contribution in [2.75, 3.05) is 30.0 Å². The van der Waals surface area contributed by atoms with Crippen molar-refractivity contribution in [1.29, 1.82) is 0 Å². The van der Waals surface area contributed by atoms with Crippen LogP contribution < -0.4 is 15.8 Å². The average Bonchev–Trinajstić information content (AvgIpc) is 3.65. The summed E-state index contributed by atoms with van der Waals surface area (Å²) in [6.07, 6.45) is 0.517. The lowest BCUT2D eigenvalue weighted by molar-refractivity contribution is 0.0351. The molecule has 38 heavy (non-hydrogen) atoms. The zero-order valence-electron chi connectivity index (χ0n) is 21.6. The zero-order valence-corrected chi connectivity index (χ0v) is 21.6. The van der Waals surface area contributed by atoms with Gasteiger partial charge in [-0.1, -0.05) is 18.2 Å². The molecule has 204 valence electrons. The molecule has 3 aromatic rings. The van der Waals surface area contributed by atoms with Gasteiger partial charge in [0.2, 0.25) is 0 Å². The third kappa shape index (κ3) is 4.61. The van der Waals surface area contributed by atoms with E-state index in [0.717, 1.165) is 6.07 Å². The highest BCUT2D eigenvalue weighted by molar-refractivity contribution is 5.97.